The lowest BCUT2D eigenvalue weighted by atomic mass is 10.6. The molecule has 0 bridgehead atoms. The number of ether oxygens (including phenoxy) is 1. The molecule has 1 unspecified atom stereocenters. The van der Waals surface area contributed by atoms with E-state index >= 15 is 0 Å². The summed E-state index contributed by atoms with van der Waals surface area (Å²) in [6.07, 6.45) is -4.83. The number of nitriles is 1. The third-order valence-corrected chi connectivity index (χ3v) is 1.64. The average molecular weight is 236 g/mol. The number of alkyl halides is 4. The molecule has 2 aliphatic carbocycles. The zero-order valence-corrected chi connectivity index (χ0v) is 8.01. The lowest BCUT2D eigenvalue weighted by Crippen LogP contribution is -2.18. The van der Waals surface area contributed by atoms with Crippen LogP contribution in [0.25, 0.3) is 11.1 Å². The van der Waals surface area contributed by atoms with E-state index < -0.39 is 11.9 Å². The molecule has 2 aliphatic rings. The molecule has 0 N–H and O–H groups in total. The summed E-state index contributed by atoms with van der Waals surface area (Å²) in [5, 5.41) is 7.69. The molecule has 0 spiro atoms. The Morgan fingerprint density at radius 2 is 1.87 bits per heavy atom. The first-order valence-electron chi connectivity index (χ1n) is 3.81. The molecular weight excluding hydrogens is 231 g/mol. The van der Waals surface area contributed by atoms with Crippen LogP contribution in [0.15, 0.2) is 24.3 Å². The van der Waals surface area contributed by atoms with Crippen molar-refractivity contribution in [2.75, 3.05) is 0 Å². The quantitative estimate of drug-likeness (QED) is 0.711. The molecule has 15 heavy (non-hydrogen) atoms. The standard InChI is InChI=1S/C6H4.C3HClF3NO/c1-2-5-4-6(5)3-1;4-2(1-8)9-3(5,6)7/h1-4H;2H. The van der Waals surface area contributed by atoms with Gasteiger partial charge >= 0.3 is 6.36 Å². The van der Waals surface area contributed by atoms with Gasteiger partial charge in [-0.25, -0.2) is 0 Å². The lowest BCUT2D eigenvalue weighted by molar-refractivity contribution is -0.325. The van der Waals surface area contributed by atoms with Crippen LogP contribution in [0.2, 0.25) is 0 Å². The average Bonchev–Trinajstić information content (AvgIpc) is 2.72. The van der Waals surface area contributed by atoms with E-state index in [1.165, 1.54) is 11.1 Å². The van der Waals surface area contributed by atoms with E-state index in [4.69, 9.17) is 5.26 Å². The van der Waals surface area contributed by atoms with Gasteiger partial charge in [0.15, 0.2) is 0 Å². The van der Waals surface area contributed by atoms with Gasteiger partial charge in [0.25, 0.3) is 0 Å². The van der Waals surface area contributed by atoms with E-state index in [2.05, 4.69) is 40.6 Å². The van der Waals surface area contributed by atoms with Gasteiger partial charge < -0.3 is 0 Å². The number of fused-ring (bicyclic) bond motifs is 1. The summed E-state index contributed by atoms with van der Waals surface area (Å²) in [4.78, 5) is 0. The maximum absolute atomic E-state index is 11.0. The highest BCUT2D eigenvalue weighted by Gasteiger charge is 2.32. The highest BCUT2D eigenvalue weighted by molar-refractivity contribution is 6.21. The maximum Gasteiger partial charge on any atom is 0.524 e. The van der Waals surface area contributed by atoms with Crippen molar-refractivity contribution < 1.29 is 17.9 Å². The van der Waals surface area contributed by atoms with Crippen molar-refractivity contribution in [1.29, 1.82) is 5.26 Å². The number of hydrogen-bond donors (Lipinski definition) is 0. The van der Waals surface area contributed by atoms with Crippen molar-refractivity contribution >= 4 is 11.6 Å². The Hall–Kier alpha value is -1.25. The third-order valence-electron chi connectivity index (χ3n) is 1.45. The number of hydrogen-bond acceptors (Lipinski definition) is 2. The minimum absolute atomic E-state index is 1.04. The Balaban J connectivity index is 0.000000158. The van der Waals surface area contributed by atoms with Crippen molar-refractivity contribution in [2.24, 2.45) is 0 Å². The van der Waals surface area contributed by atoms with Gasteiger partial charge in [0, 0.05) is 0 Å². The van der Waals surface area contributed by atoms with Crippen LogP contribution < -0.4 is 0 Å². The highest BCUT2D eigenvalue weighted by atomic mass is 35.5. The molecule has 0 aromatic rings. The zero-order chi connectivity index (χ0) is 11.5. The number of nitrogens with zero attached hydrogens (tertiary/aromatic N) is 1. The number of halogens is 4. The minimum Gasteiger partial charge on any atom is -0.258 e. The molecule has 6 heteroatoms. The predicted octanol–water partition coefficient (Wildman–Crippen LogP) is 3.28. The van der Waals surface area contributed by atoms with Crippen molar-refractivity contribution in [3.05, 3.63) is 24.3 Å². The molecule has 0 heterocycles. The molecule has 2 nitrogen and oxygen atoms in total. The summed E-state index contributed by atoms with van der Waals surface area (Å²) >= 11 is 4.65. The summed E-state index contributed by atoms with van der Waals surface area (Å²) < 4.78 is 36.1. The summed E-state index contributed by atoms with van der Waals surface area (Å²) in [7, 11) is 0. The second-order valence-corrected chi connectivity index (χ2v) is 2.99. The molecule has 0 aromatic carbocycles. The summed E-state index contributed by atoms with van der Waals surface area (Å²) in [6, 6.07) is 9.53. The largest absolute Gasteiger partial charge is 0.524 e. The Labute approximate surface area is 88.8 Å². The molecule has 0 saturated heterocycles. The van der Waals surface area contributed by atoms with E-state index in [9.17, 15) is 13.2 Å². The van der Waals surface area contributed by atoms with Gasteiger partial charge in [-0.3, -0.25) is 4.74 Å². The fourth-order valence-corrected chi connectivity index (χ4v) is 0.920. The molecule has 0 aliphatic heterocycles. The van der Waals surface area contributed by atoms with Crippen molar-refractivity contribution in [2.45, 2.75) is 11.9 Å². The Kier molecular flexibility index (Phi) is 3.56. The van der Waals surface area contributed by atoms with Gasteiger partial charge in [-0.15, -0.1) is 13.2 Å². The third kappa shape index (κ3) is 4.68. The molecular formula is C9H5ClF3NO. The fraction of sp³-hybridized carbons (Fsp3) is 0.222. The number of rotatable bonds is 1. The lowest BCUT2D eigenvalue weighted by Gasteiger charge is -2.05. The summed E-state index contributed by atoms with van der Waals surface area (Å²) in [5.41, 5.74) is 0.898. The van der Waals surface area contributed by atoms with Crippen LogP contribution in [0, 0.1) is 11.3 Å². The van der Waals surface area contributed by atoms with Gasteiger partial charge in [-0.2, -0.15) is 5.26 Å². The summed E-state index contributed by atoms with van der Waals surface area (Å²) in [5.74, 6) is 0. The highest BCUT2D eigenvalue weighted by Crippen LogP contribution is 2.32. The van der Waals surface area contributed by atoms with Crippen molar-refractivity contribution in [3.63, 3.8) is 0 Å². The number of benzene rings is 1. The first kappa shape index (κ1) is 11.8. The first-order chi connectivity index (χ1) is 6.92. The van der Waals surface area contributed by atoms with Gasteiger partial charge in [0.2, 0.25) is 5.56 Å². The second kappa shape index (κ2) is 4.51. The van der Waals surface area contributed by atoms with Crippen molar-refractivity contribution in [1.82, 2.24) is 0 Å². The van der Waals surface area contributed by atoms with Crippen molar-refractivity contribution in [3.8, 4) is 17.2 Å². The van der Waals surface area contributed by atoms with E-state index in [1.807, 2.05) is 0 Å². The van der Waals surface area contributed by atoms with Crippen LogP contribution in [-0.4, -0.2) is 11.9 Å². The van der Waals surface area contributed by atoms with Crippen LogP contribution >= 0.6 is 11.6 Å². The predicted molar refractivity (Wildman–Crippen MR) is 47.8 cm³/mol. The Morgan fingerprint density at radius 3 is 2.00 bits per heavy atom. The topological polar surface area (TPSA) is 33.0 Å². The fourth-order valence-electron chi connectivity index (χ4n) is 0.819. The van der Waals surface area contributed by atoms with E-state index in [0.29, 0.717) is 0 Å². The van der Waals surface area contributed by atoms with E-state index in [1.54, 1.807) is 0 Å². The zero-order valence-electron chi connectivity index (χ0n) is 7.25. The van der Waals surface area contributed by atoms with Crippen LogP contribution in [0.1, 0.15) is 0 Å². The Bertz CT molecular complexity index is 368. The van der Waals surface area contributed by atoms with Gasteiger partial charge in [0.1, 0.15) is 6.07 Å². The van der Waals surface area contributed by atoms with Gasteiger partial charge in [0.05, 0.1) is 0 Å². The maximum atomic E-state index is 11.0. The molecule has 0 fully saturated rings. The SMILES string of the molecule is N#CC(Cl)OC(F)(F)F.c1cc2cc-2c1. The monoisotopic (exact) mass is 235 g/mol. The van der Waals surface area contributed by atoms with Crippen LogP contribution in [0.3, 0.4) is 0 Å². The molecule has 80 valence electrons. The van der Waals surface area contributed by atoms with Gasteiger partial charge in [-0.1, -0.05) is 29.8 Å². The second-order valence-electron chi connectivity index (χ2n) is 2.59. The van der Waals surface area contributed by atoms with E-state index in [0.717, 1.165) is 6.07 Å². The molecule has 0 saturated carbocycles. The molecule has 2 rings (SSSR count). The molecule has 0 aromatic heterocycles. The smallest absolute Gasteiger partial charge is 0.258 e. The first-order valence-corrected chi connectivity index (χ1v) is 4.25. The molecule has 1 atom stereocenters. The van der Waals surface area contributed by atoms with E-state index in [-0.39, 0.29) is 0 Å². The minimum atomic E-state index is -4.83. The van der Waals surface area contributed by atoms with Crippen LogP contribution in [-0.2, 0) is 4.74 Å². The van der Waals surface area contributed by atoms with Crippen LogP contribution in [0.5, 0.6) is 0 Å². The normalized spacial score (nSPS) is 13.3. The summed E-state index contributed by atoms with van der Waals surface area (Å²) in [6.45, 7) is 0. The Morgan fingerprint density at radius 1 is 1.33 bits per heavy atom. The van der Waals surface area contributed by atoms with Gasteiger partial charge in [-0.05, 0) is 17.2 Å². The molecule has 0 amide bonds. The molecule has 0 radical (unpaired) electrons. The van der Waals surface area contributed by atoms with Crippen LogP contribution in [0.4, 0.5) is 13.2 Å².